The van der Waals surface area contributed by atoms with Crippen LogP contribution < -0.4 is 0 Å². The van der Waals surface area contributed by atoms with Crippen LogP contribution in [0.3, 0.4) is 0 Å². The van der Waals surface area contributed by atoms with Gasteiger partial charge in [-0.3, -0.25) is 0 Å². The second kappa shape index (κ2) is 11.0. The van der Waals surface area contributed by atoms with Crippen LogP contribution in [0.2, 0.25) is 0 Å². The molecule has 0 bridgehead atoms. The van der Waals surface area contributed by atoms with Crippen molar-refractivity contribution in [3.8, 4) is 0 Å². The molecule has 0 amide bonds. The zero-order valence-corrected chi connectivity index (χ0v) is 21.2. The topological polar surface area (TPSA) is 49.7 Å². The molecule has 3 nitrogen and oxygen atoms in total. The fourth-order valence-electron chi connectivity index (χ4n) is 5.89. The third-order valence-electron chi connectivity index (χ3n) is 7.67. The van der Waals surface area contributed by atoms with Gasteiger partial charge in [-0.05, 0) is 65.9 Å². The average Bonchev–Trinajstić information content (AvgIpc) is 3.08. The Morgan fingerprint density at radius 3 is 1.20 bits per heavy atom. The Bertz CT molecular complexity index is 1260. The summed E-state index contributed by atoms with van der Waals surface area (Å²) in [7, 11) is -2.49. The van der Waals surface area contributed by atoms with Crippen molar-refractivity contribution in [1.82, 2.24) is 0 Å². The van der Waals surface area contributed by atoms with Gasteiger partial charge in [0, 0.05) is 0 Å². The molecule has 1 atom stereocenters. The number of alkyl halides is 9. The Morgan fingerprint density at radius 2 is 0.854 bits per heavy atom. The van der Waals surface area contributed by atoms with Crippen molar-refractivity contribution in [2.75, 3.05) is 0 Å². The van der Waals surface area contributed by atoms with Gasteiger partial charge in [-0.2, -0.15) is 39.5 Å². The van der Waals surface area contributed by atoms with Crippen molar-refractivity contribution >= 4 is 7.32 Å². The van der Waals surface area contributed by atoms with Crippen LogP contribution in [-0.4, -0.2) is 17.4 Å². The minimum Gasteiger partial charge on any atom is -0.402 e. The Kier molecular flexibility index (Phi) is 8.29. The van der Waals surface area contributed by atoms with Gasteiger partial charge < -0.3 is 14.7 Å². The summed E-state index contributed by atoms with van der Waals surface area (Å²) >= 11 is 0. The fraction of sp³-hybridized carbons (Fsp3) is 0.357. The van der Waals surface area contributed by atoms with Gasteiger partial charge >= 0.3 is 25.9 Å². The van der Waals surface area contributed by atoms with Gasteiger partial charge in [-0.15, -0.1) is 0 Å². The first kappa shape index (κ1) is 30.9. The van der Waals surface area contributed by atoms with E-state index in [1.807, 2.05) is 0 Å². The van der Waals surface area contributed by atoms with Crippen LogP contribution in [0.25, 0.3) is 0 Å². The van der Waals surface area contributed by atoms with Crippen molar-refractivity contribution in [3.63, 3.8) is 0 Å². The quantitative estimate of drug-likeness (QED) is 0.181. The molecule has 1 unspecified atom stereocenters. The molecule has 1 fully saturated rings. The Labute approximate surface area is 229 Å². The van der Waals surface area contributed by atoms with E-state index >= 15 is 0 Å². The highest BCUT2D eigenvalue weighted by atomic mass is 19.4. The summed E-state index contributed by atoms with van der Waals surface area (Å²) in [6.45, 7) is 0. The Balaban J connectivity index is 2.07. The number of hydrogen-bond donors (Lipinski definition) is 2. The lowest BCUT2D eigenvalue weighted by molar-refractivity contribution is -0.138. The summed E-state index contributed by atoms with van der Waals surface area (Å²) in [5.41, 5.74) is -6.24. The molecule has 0 aliphatic heterocycles. The molecule has 1 saturated carbocycles. The van der Waals surface area contributed by atoms with Crippen LogP contribution in [0.1, 0.15) is 65.5 Å². The van der Waals surface area contributed by atoms with E-state index in [-0.39, 0.29) is 29.5 Å². The molecule has 1 aliphatic rings. The first-order valence-electron chi connectivity index (χ1n) is 12.6. The number of benzene rings is 3. The minimum absolute atomic E-state index is 0.0419. The van der Waals surface area contributed by atoms with Gasteiger partial charge in [0.1, 0.15) is 0 Å². The molecular weight excluding hydrogens is 566 g/mol. The van der Waals surface area contributed by atoms with Crippen molar-refractivity contribution in [2.45, 2.75) is 61.6 Å². The van der Waals surface area contributed by atoms with E-state index in [1.165, 1.54) is 0 Å². The zero-order valence-electron chi connectivity index (χ0n) is 21.2. The first-order chi connectivity index (χ1) is 19.0. The molecule has 0 saturated heterocycles. The predicted molar refractivity (Wildman–Crippen MR) is 131 cm³/mol. The van der Waals surface area contributed by atoms with Crippen molar-refractivity contribution in [2.24, 2.45) is 0 Å². The minimum atomic E-state index is -4.70. The Morgan fingerprint density at radius 1 is 0.512 bits per heavy atom. The van der Waals surface area contributed by atoms with Gasteiger partial charge in [-0.1, -0.05) is 55.7 Å². The lowest BCUT2D eigenvalue weighted by Crippen LogP contribution is -2.54. The average molecular weight is 590 g/mol. The fourth-order valence-corrected chi connectivity index (χ4v) is 5.89. The molecule has 0 heterocycles. The van der Waals surface area contributed by atoms with Gasteiger partial charge in [0.05, 0.1) is 27.7 Å². The van der Waals surface area contributed by atoms with E-state index in [0.717, 1.165) is 72.8 Å². The van der Waals surface area contributed by atoms with Crippen LogP contribution in [0.4, 0.5) is 39.5 Å². The van der Waals surface area contributed by atoms with Gasteiger partial charge in [0.25, 0.3) is 0 Å². The molecule has 1 aliphatic carbocycles. The van der Waals surface area contributed by atoms with Crippen LogP contribution in [-0.2, 0) is 34.2 Å². The van der Waals surface area contributed by atoms with Gasteiger partial charge in [0.15, 0.2) is 0 Å². The van der Waals surface area contributed by atoms with E-state index in [1.54, 1.807) is 0 Å². The summed E-state index contributed by atoms with van der Waals surface area (Å²) in [6, 6.07) is 11.4. The SMILES string of the molecule is OB(O)OC1(c2ccc(C(F)(F)F)cc2)CCCCCC1(c1ccc(C(F)(F)F)cc1)c1ccc(C(F)(F)F)cc1. The largest absolute Gasteiger partial charge is 0.634 e. The smallest absolute Gasteiger partial charge is 0.402 e. The molecule has 0 aromatic heterocycles. The standard InChI is InChI=1S/C28H24BF9O3/c30-26(31,32)21-10-4-18(5-11-21)24(19-6-12-22(13-7-19)27(33,34)35)16-2-1-3-17-25(24,41-29(39)40)20-8-14-23(15-9-20)28(36,37)38/h4-15,39-40H,1-3,16-17H2. The maximum Gasteiger partial charge on any atom is 0.634 e. The van der Waals surface area contributed by atoms with E-state index in [9.17, 15) is 49.6 Å². The van der Waals surface area contributed by atoms with E-state index in [4.69, 9.17) is 4.65 Å². The molecular formula is C28H24BF9O3. The van der Waals surface area contributed by atoms with Crippen molar-refractivity contribution in [1.29, 1.82) is 0 Å². The molecule has 3 aromatic rings. The van der Waals surface area contributed by atoms with E-state index in [2.05, 4.69) is 0 Å². The summed E-state index contributed by atoms with van der Waals surface area (Å²) in [5, 5.41) is 20.2. The maximum atomic E-state index is 13.4. The number of hydrogen-bond acceptors (Lipinski definition) is 3. The second-order valence-corrected chi connectivity index (χ2v) is 9.96. The molecule has 3 aromatic carbocycles. The van der Waals surface area contributed by atoms with Crippen LogP contribution in [0.15, 0.2) is 72.8 Å². The third-order valence-corrected chi connectivity index (χ3v) is 7.67. The lowest BCUT2D eigenvalue weighted by Gasteiger charge is -2.51. The molecule has 41 heavy (non-hydrogen) atoms. The molecule has 4 rings (SSSR count). The Hall–Kier alpha value is -3.03. The zero-order chi connectivity index (χ0) is 30.3. The van der Waals surface area contributed by atoms with E-state index in [0.29, 0.717) is 19.3 Å². The number of halogens is 9. The second-order valence-electron chi connectivity index (χ2n) is 9.96. The molecule has 13 heteroatoms. The van der Waals surface area contributed by atoms with E-state index < -0.39 is 53.6 Å². The highest BCUT2D eigenvalue weighted by Crippen LogP contribution is 2.57. The van der Waals surface area contributed by atoms with Crippen molar-refractivity contribution in [3.05, 3.63) is 106 Å². The normalized spacial score (nSPS) is 20.0. The first-order valence-corrected chi connectivity index (χ1v) is 12.6. The van der Waals surface area contributed by atoms with Gasteiger partial charge in [-0.25, -0.2) is 0 Å². The monoisotopic (exact) mass is 590 g/mol. The van der Waals surface area contributed by atoms with Gasteiger partial charge in [0.2, 0.25) is 0 Å². The van der Waals surface area contributed by atoms with Crippen LogP contribution >= 0.6 is 0 Å². The third kappa shape index (κ3) is 5.98. The molecule has 2 N–H and O–H groups in total. The van der Waals surface area contributed by atoms with Crippen LogP contribution in [0.5, 0.6) is 0 Å². The number of rotatable bonds is 5. The summed E-state index contributed by atoms with van der Waals surface area (Å²) < 4.78 is 127. The lowest BCUT2D eigenvalue weighted by atomic mass is 9.57. The highest BCUT2D eigenvalue weighted by molar-refractivity contribution is 6.32. The highest BCUT2D eigenvalue weighted by Gasteiger charge is 2.57. The molecule has 220 valence electrons. The molecule has 0 radical (unpaired) electrons. The summed E-state index contributed by atoms with van der Waals surface area (Å²) in [6.07, 6.45) is -12.8. The molecule has 0 spiro atoms. The predicted octanol–water partition coefficient (Wildman–Crippen LogP) is 7.87. The maximum absolute atomic E-state index is 13.4. The van der Waals surface area contributed by atoms with Crippen molar-refractivity contribution < 1.29 is 54.2 Å². The van der Waals surface area contributed by atoms with Crippen LogP contribution in [0, 0.1) is 0 Å². The summed E-state index contributed by atoms with van der Waals surface area (Å²) in [5.74, 6) is 0. The summed E-state index contributed by atoms with van der Waals surface area (Å²) in [4.78, 5) is 0.